The van der Waals surface area contributed by atoms with Crippen molar-refractivity contribution in [2.45, 2.75) is 92.2 Å². The van der Waals surface area contributed by atoms with Crippen LogP contribution in [-0.4, -0.2) is 25.8 Å². The van der Waals surface area contributed by atoms with Crippen molar-refractivity contribution in [2.24, 2.45) is 5.92 Å². The first kappa shape index (κ1) is 25.6. The molecule has 1 aromatic carbocycles. The van der Waals surface area contributed by atoms with E-state index in [4.69, 9.17) is 5.41 Å². The normalized spacial score (nSPS) is 12.4. The number of carbonyl (C=O) groups excluding carboxylic acids is 2. The summed E-state index contributed by atoms with van der Waals surface area (Å²) in [7, 11) is 0. The average Bonchev–Trinajstić information content (AvgIpc) is 3.00. The molecule has 0 unspecified atom stereocenters. The molecule has 0 aliphatic rings. The molecule has 6 heteroatoms. The van der Waals surface area contributed by atoms with Crippen molar-refractivity contribution in [1.82, 2.24) is 9.13 Å². The van der Waals surface area contributed by atoms with Crippen molar-refractivity contribution in [2.75, 3.05) is 0 Å². The minimum absolute atomic E-state index is 0.00293. The lowest BCUT2D eigenvalue weighted by Gasteiger charge is -2.28. The fourth-order valence-electron chi connectivity index (χ4n) is 3.95. The molecule has 1 heterocycles. The van der Waals surface area contributed by atoms with Crippen LogP contribution < -0.4 is 5.62 Å². The van der Waals surface area contributed by atoms with E-state index in [9.17, 15) is 14.7 Å². The van der Waals surface area contributed by atoms with Gasteiger partial charge >= 0.3 is 0 Å². The number of imidazole rings is 1. The Kier molecular flexibility index (Phi) is 7.59. The first-order valence-corrected chi connectivity index (χ1v) is 11.4. The van der Waals surface area contributed by atoms with Crippen LogP contribution in [0.3, 0.4) is 0 Å². The monoisotopic (exact) mass is 441 g/mol. The summed E-state index contributed by atoms with van der Waals surface area (Å²) in [4.78, 5) is 25.7. The van der Waals surface area contributed by atoms with Crippen molar-refractivity contribution in [3.63, 3.8) is 0 Å². The van der Waals surface area contributed by atoms with Gasteiger partial charge in [-0.05, 0) is 35.8 Å². The van der Waals surface area contributed by atoms with Gasteiger partial charge in [-0.3, -0.25) is 15.0 Å². The molecule has 0 bridgehead atoms. The van der Waals surface area contributed by atoms with E-state index in [0.717, 1.165) is 24.0 Å². The minimum Gasteiger partial charge on any atom is -0.507 e. The first-order valence-electron chi connectivity index (χ1n) is 11.4. The van der Waals surface area contributed by atoms with E-state index >= 15 is 0 Å². The second-order valence-electron chi connectivity index (χ2n) is 10.7. The largest absolute Gasteiger partial charge is 0.507 e. The number of hydrogen-bond acceptors (Lipinski definition) is 4. The van der Waals surface area contributed by atoms with Gasteiger partial charge in [0.2, 0.25) is 5.62 Å². The highest BCUT2D eigenvalue weighted by Crippen LogP contribution is 2.39. The highest BCUT2D eigenvalue weighted by Gasteiger charge is 2.28. The summed E-state index contributed by atoms with van der Waals surface area (Å²) in [5, 5.41) is 19.3. The first-order chi connectivity index (χ1) is 14.7. The molecule has 2 N–H and O–H groups in total. The Labute approximate surface area is 191 Å². The van der Waals surface area contributed by atoms with Gasteiger partial charge in [-0.25, -0.2) is 0 Å². The number of hydrogen-bond donors (Lipinski definition) is 2. The van der Waals surface area contributed by atoms with Gasteiger partial charge in [0.15, 0.2) is 11.6 Å². The maximum absolute atomic E-state index is 13.2. The molecule has 2 rings (SSSR count). The Morgan fingerprint density at radius 2 is 1.34 bits per heavy atom. The zero-order valence-electron chi connectivity index (χ0n) is 20.9. The van der Waals surface area contributed by atoms with Gasteiger partial charge in [0, 0.05) is 35.0 Å². The quantitative estimate of drug-likeness (QED) is 0.568. The highest BCUT2D eigenvalue weighted by atomic mass is 16.3. The molecule has 0 spiro atoms. The predicted molar refractivity (Wildman–Crippen MR) is 127 cm³/mol. The number of ketones is 2. The number of rotatable bonds is 8. The van der Waals surface area contributed by atoms with E-state index in [-0.39, 0.29) is 52.8 Å². The van der Waals surface area contributed by atoms with Crippen LogP contribution in [0.2, 0.25) is 0 Å². The number of benzene rings is 1. The highest BCUT2D eigenvalue weighted by molar-refractivity contribution is 5.96. The summed E-state index contributed by atoms with van der Waals surface area (Å²) in [6.45, 7) is 16.2. The molecule has 6 nitrogen and oxygen atoms in total. The topological polar surface area (TPSA) is 88.1 Å². The second-order valence-corrected chi connectivity index (χ2v) is 10.7. The van der Waals surface area contributed by atoms with Gasteiger partial charge in [-0.15, -0.1) is 0 Å². The zero-order valence-corrected chi connectivity index (χ0v) is 20.9. The summed E-state index contributed by atoms with van der Waals surface area (Å²) in [6, 6.07) is 3.54. The molecule has 0 radical (unpaired) electrons. The molecule has 176 valence electrons. The Balaban J connectivity index is 2.37. The zero-order chi connectivity index (χ0) is 24.4. The molecule has 0 amide bonds. The summed E-state index contributed by atoms with van der Waals surface area (Å²) in [5.41, 5.74) is 1.46. The average molecular weight is 442 g/mol. The van der Waals surface area contributed by atoms with Gasteiger partial charge in [0.05, 0.1) is 13.1 Å². The van der Waals surface area contributed by atoms with Crippen LogP contribution in [0.15, 0.2) is 24.5 Å². The smallest absolute Gasteiger partial charge is 0.202 e. The number of nitrogens with zero attached hydrogens (tertiary/aromatic N) is 2. The van der Waals surface area contributed by atoms with Crippen molar-refractivity contribution >= 4 is 11.6 Å². The van der Waals surface area contributed by atoms with Gasteiger partial charge < -0.3 is 14.2 Å². The Bertz CT molecular complexity index is 1010. The number of phenols is 1. The molecule has 0 aliphatic carbocycles. The van der Waals surface area contributed by atoms with Crippen molar-refractivity contribution in [3.8, 4) is 5.75 Å². The third kappa shape index (κ3) is 5.59. The molecule has 0 atom stereocenters. The van der Waals surface area contributed by atoms with E-state index in [1.54, 1.807) is 33.7 Å². The molecule has 0 saturated heterocycles. The fraction of sp³-hybridized carbons (Fsp3) is 0.577. The lowest BCUT2D eigenvalue weighted by atomic mass is 9.78. The van der Waals surface area contributed by atoms with Gasteiger partial charge in [0.25, 0.3) is 0 Å². The third-order valence-corrected chi connectivity index (χ3v) is 6.10. The van der Waals surface area contributed by atoms with Crippen molar-refractivity contribution in [1.29, 1.82) is 5.41 Å². The maximum Gasteiger partial charge on any atom is 0.202 e. The number of aromatic nitrogens is 2. The van der Waals surface area contributed by atoms with E-state index in [0.29, 0.717) is 5.56 Å². The van der Waals surface area contributed by atoms with Crippen LogP contribution >= 0.6 is 0 Å². The fourth-order valence-corrected chi connectivity index (χ4v) is 3.95. The molecule has 0 aliphatic heterocycles. The SMILES string of the molecule is CCC(CC)C(=O)Cn1ccn(CC(=O)c2cc(C(C)(C)C)c(O)c(C(C)(C)C)c2)c1=N. The van der Waals surface area contributed by atoms with Crippen LogP contribution in [0, 0.1) is 11.3 Å². The van der Waals surface area contributed by atoms with Crippen molar-refractivity contribution in [3.05, 3.63) is 46.8 Å². The molecule has 0 saturated carbocycles. The summed E-state index contributed by atoms with van der Waals surface area (Å²) >= 11 is 0. The van der Waals surface area contributed by atoms with E-state index in [1.165, 1.54) is 0 Å². The van der Waals surface area contributed by atoms with Crippen LogP contribution in [0.4, 0.5) is 0 Å². The molecule has 32 heavy (non-hydrogen) atoms. The van der Waals surface area contributed by atoms with Crippen LogP contribution in [0.25, 0.3) is 0 Å². The number of phenolic OH excluding ortho intramolecular Hbond substituents is 1. The lowest BCUT2D eigenvalue weighted by molar-refractivity contribution is -0.123. The second kappa shape index (κ2) is 9.47. The summed E-state index contributed by atoms with van der Waals surface area (Å²) in [6.07, 6.45) is 4.94. The Morgan fingerprint density at radius 1 is 0.906 bits per heavy atom. The molecule has 2 aromatic rings. The predicted octanol–water partition coefficient (Wildman–Crippen LogP) is 4.96. The van der Waals surface area contributed by atoms with E-state index < -0.39 is 0 Å². The van der Waals surface area contributed by atoms with Crippen LogP contribution in [0.5, 0.6) is 5.75 Å². The number of Topliss-reactive ketones (excluding diaryl/α,β-unsaturated/α-hetero) is 2. The lowest BCUT2D eigenvalue weighted by Crippen LogP contribution is -2.31. The molecular formula is C26H39N3O3. The van der Waals surface area contributed by atoms with Gasteiger partial charge in [-0.2, -0.15) is 0 Å². The number of aromatic hydroxyl groups is 1. The molecular weight excluding hydrogens is 402 g/mol. The number of carbonyl (C=O) groups is 2. The Hall–Kier alpha value is -2.63. The molecule has 1 aromatic heterocycles. The Morgan fingerprint density at radius 3 is 1.75 bits per heavy atom. The standard InChI is InChI=1S/C26H39N3O3/c1-9-17(10-2)21(30)15-28-11-12-29(24(28)27)16-22(31)18-13-19(25(3,4)5)23(32)20(14-18)26(6,7)8/h11-14,17,27,32H,9-10,15-16H2,1-8H3. The van der Waals surface area contributed by atoms with E-state index in [2.05, 4.69) is 0 Å². The summed E-state index contributed by atoms with van der Waals surface area (Å²) in [5.74, 6) is 0.210. The van der Waals surface area contributed by atoms with Gasteiger partial charge in [0.1, 0.15) is 5.75 Å². The number of nitrogens with one attached hydrogen (secondary N) is 1. The minimum atomic E-state index is -0.327. The van der Waals surface area contributed by atoms with Crippen LogP contribution in [-0.2, 0) is 28.7 Å². The molecule has 0 fully saturated rings. The summed E-state index contributed by atoms with van der Waals surface area (Å²) < 4.78 is 3.15. The maximum atomic E-state index is 13.2. The third-order valence-electron chi connectivity index (χ3n) is 6.10. The van der Waals surface area contributed by atoms with Crippen molar-refractivity contribution < 1.29 is 14.7 Å². The van der Waals surface area contributed by atoms with Gasteiger partial charge in [-0.1, -0.05) is 55.4 Å². The van der Waals surface area contributed by atoms with Crippen LogP contribution in [0.1, 0.15) is 89.7 Å². The van der Waals surface area contributed by atoms with E-state index in [1.807, 2.05) is 55.4 Å².